The SMILES string of the molecule is [2H]C([2H])([2H])N(C)C1(c2ccccc2Cl)CCCCC1=O. The van der Waals surface area contributed by atoms with Crippen LogP contribution in [0.5, 0.6) is 0 Å². The van der Waals surface area contributed by atoms with E-state index in [-0.39, 0.29) is 5.78 Å². The van der Waals surface area contributed by atoms with Crippen LogP contribution in [0.4, 0.5) is 0 Å². The Morgan fingerprint density at radius 2 is 2.18 bits per heavy atom. The fourth-order valence-electron chi connectivity index (χ4n) is 2.63. The average molecular weight is 255 g/mol. The Kier molecular flexibility index (Phi) is 2.57. The molecule has 3 heteroatoms. The van der Waals surface area contributed by atoms with Gasteiger partial charge in [-0.3, -0.25) is 9.69 Å². The smallest absolute Gasteiger partial charge is 0.157 e. The predicted molar refractivity (Wildman–Crippen MR) is 70.3 cm³/mol. The molecule has 0 bridgehead atoms. The summed E-state index contributed by atoms with van der Waals surface area (Å²) in [6, 6.07) is 7.03. The second kappa shape index (κ2) is 4.79. The third-order valence-corrected chi connectivity index (χ3v) is 3.88. The minimum Gasteiger partial charge on any atom is -0.297 e. The Morgan fingerprint density at radius 1 is 1.41 bits per heavy atom. The second-order valence-corrected chi connectivity index (χ2v) is 4.94. The van der Waals surface area contributed by atoms with Crippen molar-refractivity contribution in [3.63, 3.8) is 0 Å². The van der Waals surface area contributed by atoms with Crippen LogP contribution in [0.1, 0.15) is 35.4 Å². The van der Waals surface area contributed by atoms with Crippen molar-refractivity contribution in [1.29, 1.82) is 0 Å². The number of carbonyl (C=O) groups excluding carboxylic acids is 1. The second-order valence-electron chi connectivity index (χ2n) is 4.53. The molecule has 0 spiro atoms. The van der Waals surface area contributed by atoms with Crippen LogP contribution in [0.25, 0.3) is 0 Å². The van der Waals surface area contributed by atoms with E-state index in [1.165, 1.54) is 11.9 Å². The summed E-state index contributed by atoms with van der Waals surface area (Å²) < 4.78 is 23.0. The average Bonchev–Trinajstić information content (AvgIpc) is 2.39. The van der Waals surface area contributed by atoms with E-state index in [4.69, 9.17) is 15.7 Å². The van der Waals surface area contributed by atoms with Gasteiger partial charge in [0.25, 0.3) is 0 Å². The first-order valence-electron chi connectivity index (χ1n) is 7.32. The Labute approximate surface area is 112 Å². The van der Waals surface area contributed by atoms with Crippen molar-refractivity contribution in [3.05, 3.63) is 34.9 Å². The molecule has 17 heavy (non-hydrogen) atoms. The highest BCUT2D eigenvalue weighted by molar-refractivity contribution is 6.31. The van der Waals surface area contributed by atoms with Crippen molar-refractivity contribution in [2.45, 2.75) is 31.2 Å². The fraction of sp³-hybridized carbons (Fsp3) is 0.500. The molecular formula is C14H18ClNO. The molecule has 1 unspecified atom stereocenters. The van der Waals surface area contributed by atoms with Crippen LogP contribution in [0.15, 0.2) is 24.3 Å². The summed E-state index contributed by atoms with van der Waals surface area (Å²) >= 11 is 6.24. The Bertz CT molecular complexity index is 517. The number of likely N-dealkylation sites (N-methyl/N-ethyl adjacent to an activating group) is 1. The molecule has 0 amide bonds. The van der Waals surface area contributed by atoms with Crippen molar-refractivity contribution in [1.82, 2.24) is 4.90 Å². The largest absolute Gasteiger partial charge is 0.297 e. The number of rotatable bonds is 2. The summed E-state index contributed by atoms with van der Waals surface area (Å²) in [6.07, 6.45) is 2.51. The highest BCUT2D eigenvalue weighted by Crippen LogP contribution is 2.41. The molecule has 0 radical (unpaired) electrons. The van der Waals surface area contributed by atoms with Gasteiger partial charge in [-0.05, 0) is 38.5 Å². The minimum absolute atomic E-state index is 0.0597. The molecule has 2 nitrogen and oxygen atoms in total. The number of hydrogen-bond acceptors (Lipinski definition) is 2. The molecule has 1 fully saturated rings. The van der Waals surface area contributed by atoms with Gasteiger partial charge in [0.2, 0.25) is 0 Å². The monoisotopic (exact) mass is 254 g/mol. The number of halogens is 1. The van der Waals surface area contributed by atoms with Gasteiger partial charge in [0.15, 0.2) is 5.78 Å². The lowest BCUT2D eigenvalue weighted by Crippen LogP contribution is -2.50. The zero-order chi connectivity index (χ0) is 15.0. The van der Waals surface area contributed by atoms with E-state index in [2.05, 4.69) is 0 Å². The first-order valence-corrected chi connectivity index (χ1v) is 6.20. The lowest BCUT2D eigenvalue weighted by atomic mass is 9.74. The highest BCUT2D eigenvalue weighted by Gasteiger charge is 2.44. The Hall–Kier alpha value is -0.860. The fourth-order valence-corrected chi connectivity index (χ4v) is 2.92. The van der Waals surface area contributed by atoms with Crippen LogP contribution in [0.3, 0.4) is 0 Å². The van der Waals surface area contributed by atoms with Crippen LogP contribution in [0.2, 0.25) is 5.02 Å². The molecule has 92 valence electrons. The molecule has 1 saturated carbocycles. The van der Waals surface area contributed by atoms with Gasteiger partial charge in [0, 0.05) is 15.6 Å². The molecule has 1 aliphatic carbocycles. The van der Waals surface area contributed by atoms with Crippen molar-refractivity contribution in [3.8, 4) is 0 Å². The van der Waals surface area contributed by atoms with Crippen LogP contribution in [0, 0.1) is 0 Å². The van der Waals surface area contributed by atoms with Crippen molar-refractivity contribution in [2.75, 3.05) is 14.0 Å². The molecule has 1 atom stereocenters. The van der Waals surface area contributed by atoms with Gasteiger partial charge in [0.05, 0.1) is 0 Å². The van der Waals surface area contributed by atoms with Crippen LogP contribution >= 0.6 is 11.6 Å². The summed E-state index contributed by atoms with van der Waals surface area (Å²) in [5.74, 6) is -0.0597. The maximum Gasteiger partial charge on any atom is 0.157 e. The molecule has 0 aromatic heterocycles. The van der Waals surface area contributed by atoms with Crippen molar-refractivity contribution in [2.24, 2.45) is 0 Å². The van der Waals surface area contributed by atoms with E-state index in [9.17, 15) is 4.79 Å². The van der Waals surface area contributed by atoms with E-state index in [1.807, 2.05) is 0 Å². The molecule has 1 aromatic rings. The van der Waals surface area contributed by atoms with Crippen LogP contribution in [-0.2, 0) is 10.3 Å². The lowest BCUT2D eigenvalue weighted by Gasteiger charge is -2.42. The number of hydrogen-bond donors (Lipinski definition) is 0. The number of carbonyl (C=O) groups is 1. The zero-order valence-electron chi connectivity index (χ0n) is 12.9. The molecule has 0 aliphatic heterocycles. The third kappa shape index (κ3) is 2.00. The standard InChI is InChI=1S/C14H18ClNO/c1-16(2)14(10-6-5-9-13(14)17)11-7-3-4-8-12(11)15/h3-4,7-8H,5-6,9-10H2,1-2H3/i1D3. The lowest BCUT2D eigenvalue weighted by molar-refractivity contribution is -0.133. The maximum atomic E-state index is 12.6. The summed E-state index contributed by atoms with van der Waals surface area (Å²) in [5.41, 5.74) is -0.535. The quantitative estimate of drug-likeness (QED) is 0.808. The van der Waals surface area contributed by atoms with E-state index >= 15 is 0 Å². The summed E-state index contributed by atoms with van der Waals surface area (Å²) in [6.45, 7) is -2.34. The third-order valence-electron chi connectivity index (χ3n) is 3.55. The van der Waals surface area contributed by atoms with E-state index in [0.717, 1.165) is 12.8 Å². The van der Waals surface area contributed by atoms with Crippen LogP contribution in [-0.4, -0.2) is 24.7 Å². The summed E-state index contributed by atoms with van der Waals surface area (Å²) in [5, 5.41) is 0.443. The van der Waals surface area contributed by atoms with Gasteiger partial charge in [-0.2, -0.15) is 0 Å². The minimum atomic E-state index is -2.34. The predicted octanol–water partition coefficient (Wildman–Crippen LogP) is 3.24. The van der Waals surface area contributed by atoms with E-state index in [0.29, 0.717) is 23.4 Å². The summed E-state index contributed by atoms with van der Waals surface area (Å²) in [7, 11) is 1.49. The Morgan fingerprint density at radius 3 is 2.82 bits per heavy atom. The van der Waals surface area contributed by atoms with Gasteiger partial charge in [-0.15, -0.1) is 0 Å². The normalized spacial score (nSPS) is 28.6. The number of Topliss-reactive ketones (excluding diaryl/α,β-unsaturated/α-hetero) is 1. The van der Waals surface area contributed by atoms with E-state index < -0.39 is 12.5 Å². The number of nitrogens with zero attached hydrogens (tertiary/aromatic N) is 1. The summed E-state index contributed by atoms with van der Waals surface area (Å²) in [4.78, 5) is 13.8. The molecule has 0 heterocycles. The maximum absolute atomic E-state index is 12.6. The van der Waals surface area contributed by atoms with Crippen LogP contribution < -0.4 is 0 Å². The zero-order valence-corrected chi connectivity index (χ0v) is 10.6. The van der Waals surface area contributed by atoms with Gasteiger partial charge in [0.1, 0.15) is 5.54 Å². The van der Waals surface area contributed by atoms with Crippen molar-refractivity contribution < 1.29 is 8.91 Å². The van der Waals surface area contributed by atoms with Gasteiger partial charge >= 0.3 is 0 Å². The van der Waals surface area contributed by atoms with Gasteiger partial charge < -0.3 is 0 Å². The number of benzene rings is 1. The van der Waals surface area contributed by atoms with Crippen molar-refractivity contribution >= 4 is 17.4 Å². The molecule has 0 saturated heterocycles. The van der Waals surface area contributed by atoms with Gasteiger partial charge in [-0.1, -0.05) is 36.2 Å². The molecule has 0 N–H and O–H groups in total. The molecule has 2 rings (SSSR count). The van der Waals surface area contributed by atoms with Gasteiger partial charge in [-0.25, -0.2) is 0 Å². The molecular weight excluding hydrogens is 234 g/mol. The molecule has 1 aromatic carbocycles. The highest BCUT2D eigenvalue weighted by atomic mass is 35.5. The first-order chi connectivity index (χ1) is 9.30. The van der Waals surface area contributed by atoms with E-state index in [1.54, 1.807) is 24.3 Å². The number of ketones is 1. The Balaban J connectivity index is 2.61. The topological polar surface area (TPSA) is 20.3 Å². The molecule has 1 aliphatic rings. The first kappa shape index (κ1) is 9.12.